The molecule has 0 rings (SSSR count). The third kappa shape index (κ3) is 5.67. The molecular formula is C7H16O6. The Labute approximate surface area is 75.7 Å². The maximum atomic E-state index is 10.8. The zero-order chi connectivity index (χ0) is 9.56. The van der Waals surface area contributed by atoms with Crippen molar-refractivity contribution < 1.29 is 30.7 Å². The summed E-state index contributed by atoms with van der Waals surface area (Å²) in [6.07, 6.45) is -2.41. The molecule has 0 aliphatic heterocycles. The Morgan fingerprint density at radius 2 is 1.69 bits per heavy atom. The quantitative estimate of drug-likeness (QED) is 0.365. The van der Waals surface area contributed by atoms with Gasteiger partial charge in [-0.2, -0.15) is 0 Å². The minimum atomic E-state index is -1.52. The van der Waals surface area contributed by atoms with Gasteiger partial charge in [0.25, 0.3) is 0 Å². The molecule has 0 radical (unpaired) electrons. The van der Waals surface area contributed by atoms with E-state index in [0.29, 0.717) is 6.42 Å². The number of Topliss-reactive ketones (excluding diaryl/α,β-unsaturated/α-hetero) is 1. The van der Waals surface area contributed by atoms with Crippen LogP contribution in [0.4, 0.5) is 0 Å². The molecule has 0 fully saturated rings. The molecule has 0 aromatic rings. The zero-order valence-electron chi connectivity index (χ0n) is 7.18. The summed E-state index contributed by atoms with van der Waals surface area (Å²) < 4.78 is 0. The van der Waals surface area contributed by atoms with Crippen LogP contribution in [0.1, 0.15) is 12.8 Å². The van der Waals surface area contributed by atoms with Crippen LogP contribution in [-0.2, 0) is 4.79 Å². The van der Waals surface area contributed by atoms with E-state index in [1.54, 1.807) is 0 Å². The van der Waals surface area contributed by atoms with Crippen LogP contribution in [0.25, 0.3) is 0 Å². The summed E-state index contributed by atoms with van der Waals surface area (Å²) in [5.41, 5.74) is 0. The molecule has 0 aliphatic rings. The summed E-state index contributed by atoms with van der Waals surface area (Å²) in [6.45, 7) is -0.797. The number of ketones is 1. The maximum Gasteiger partial charge on any atom is 0.191 e. The Morgan fingerprint density at radius 3 is 2.08 bits per heavy atom. The summed E-state index contributed by atoms with van der Waals surface area (Å²) >= 11 is 0. The van der Waals surface area contributed by atoms with Gasteiger partial charge in [-0.15, -0.1) is 0 Å². The fourth-order valence-corrected chi connectivity index (χ4v) is 0.739. The van der Waals surface area contributed by atoms with Gasteiger partial charge >= 0.3 is 0 Å². The largest absolute Gasteiger partial charge is 0.412 e. The first-order chi connectivity index (χ1) is 5.63. The first-order valence-electron chi connectivity index (χ1n) is 3.75. The Balaban J connectivity index is 0. The molecule has 13 heavy (non-hydrogen) atoms. The van der Waals surface area contributed by atoms with Crippen molar-refractivity contribution in [2.75, 3.05) is 13.2 Å². The summed E-state index contributed by atoms with van der Waals surface area (Å²) in [6, 6.07) is 0. The smallest absolute Gasteiger partial charge is 0.191 e. The molecule has 0 spiro atoms. The third-order valence-corrected chi connectivity index (χ3v) is 1.47. The van der Waals surface area contributed by atoms with E-state index in [-0.39, 0.29) is 18.5 Å². The van der Waals surface area contributed by atoms with Gasteiger partial charge in [0.1, 0.15) is 12.2 Å². The molecule has 0 amide bonds. The van der Waals surface area contributed by atoms with E-state index in [2.05, 4.69) is 0 Å². The molecule has 6 heteroatoms. The Kier molecular flexibility index (Phi) is 9.31. The second-order valence-corrected chi connectivity index (χ2v) is 2.48. The predicted molar refractivity (Wildman–Crippen MR) is 44.0 cm³/mol. The van der Waals surface area contributed by atoms with Crippen LogP contribution in [0.5, 0.6) is 0 Å². The highest BCUT2D eigenvalue weighted by molar-refractivity contribution is 5.86. The number of rotatable bonds is 6. The fraction of sp³-hybridized carbons (Fsp3) is 0.857. The van der Waals surface area contributed by atoms with Crippen molar-refractivity contribution in [3.05, 3.63) is 0 Å². The van der Waals surface area contributed by atoms with Gasteiger partial charge in [-0.25, -0.2) is 0 Å². The average Bonchev–Trinajstić information content (AvgIpc) is 2.11. The van der Waals surface area contributed by atoms with Crippen molar-refractivity contribution in [3.8, 4) is 0 Å². The monoisotopic (exact) mass is 196 g/mol. The van der Waals surface area contributed by atoms with Crippen molar-refractivity contribution in [2.45, 2.75) is 25.0 Å². The topological polar surface area (TPSA) is 129 Å². The molecule has 0 saturated heterocycles. The normalized spacial score (nSPS) is 14.5. The van der Waals surface area contributed by atoms with Gasteiger partial charge in [-0.3, -0.25) is 4.79 Å². The van der Waals surface area contributed by atoms with Gasteiger partial charge < -0.3 is 25.9 Å². The van der Waals surface area contributed by atoms with Gasteiger partial charge in [-0.05, 0) is 12.8 Å². The minimum absolute atomic E-state index is 0. The molecule has 2 unspecified atom stereocenters. The van der Waals surface area contributed by atoms with Crippen molar-refractivity contribution >= 4 is 5.78 Å². The fourth-order valence-electron chi connectivity index (χ4n) is 0.739. The van der Waals surface area contributed by atoms with E-state index in [1.165, 1.54) is 0 Å². The van der Waals surface area contributed by atoms with E-state index in [1.807, 2.05) is 0 Å². The standard InChI is InChI=1S/C7H14O5.H2O/c8-3-1-2-5(10)7(12)6(11)4-9;/h5-6,8-11H,1-4H2;1H2. The van der Waals surface area contributed by atoms with Gasteiger partial charge in [0, 0.05) is 6.61 Å². The van der Waals surface area contributed by atoms with Crippen molar-refractivity contribution in [3.63, 3.8) is 0 Å². The molecule has 80 valence electrons. The van der Waals surface area contributed by atoms with Crippen LogP contribution in [-0.4, -0.2) is 57.1 Å². The van der Waals surface area contributed by atoms with Crippen LogP contribution in [0.3, 0.4) is 0 Å². The second-order valence-electron chi connectivity index (χ2n) is 2.48. The molecule has 0 aromatic heterocycles. The van der Waals surface area contributed by atoms with E-state index < -0.39 is 24.6 Å². The van der Waals surface area contributed by atoms with Crippen LogP contribution >= 0.6 is 0 Å². The Morgan fingerprint density at radius 1 is 1.15 bits per heavy atom. The van der Waals surface area contributed by atoms with Crippen LogP contribution in [0, 0.1) is 0 Å². The summed E-state index contributed by atoms with van der Waals surface area (Å²) in [5, 5.41) is 34.5. The van der Waals surface area contributed by atoms with Gasteiger partial charge in [0.2, 0.25) is 0 Å². The molecule has 0 saturated carbocycles. The number of aliphatic hydroxyl groups excluding tert-OH is 4. The highest BCUT2D eigenvalue weighted by Crippen LogP contribution is 2.00. The predicted octanol–water partition coefficient (Wildman–Crippen LogP) is -2.78. The number of carbonyl (C=O) groups is 1. The van der Waals surface area contributed by atoms with E-state index >= 15 is 0 Å². The van der Waals surface area contributed by atoms with Crippen molar-refractivity contribution in [1.29, 1.82) is 0 Å². The van der Waals surface area contributed by atoms with Crippen LogP contribution in [0.15, 0.2) is 0 Å². The van der Waals surface area contributed by atoms with Gasteiger partial charge in [0.15, 0.2) is 5.78 Å². The Hall–Kier alpha value is -0.530. The number of hydrogen-bond acceptors (Lipinski definition) is 5. The van der Waals surface area contributed by atoms with E-state index in [9.17, 15) is 4.79 Å². The molecular weight excluding hydrogens is 180 g/mol. The van der Waals surface area contributed by atoms with E-state index in [0.717, 1.165) is 0 Å². The SMILES string of the molecule is O.O=C(C(O)CO)C(O)CCCO. The van der Waals surface area contributed by atoms with Crippen molar-refractivity contribution in [2.24, 2.45) is 0 Å². The number of hydrogen-bond donors (Lipinski definition) is 4. The van der Waals surface area contributed by atoms with Crippen LogP contribution in [0.2, 0.25) is 0 Å². The van der Waals surface area contributed by atoms with Crippen LogP contribution < -0.4 is 0 Å². The summed E-state index contributed by atoms with van der Waals surface area (Å²) in [5.74, 6) is -0.800. The third-order valence-electron chi connectivity index (χ3n) is 1.47. The second kappa shape index (κ2) is 8.09. The molecule has 2 atom stereocenters. The van der Waals surface area contributed by atoms with Gasteiger partial charge in [-0.1, -0.05) is 0 Å². The maximum absolute atomic E-state index is 10.8. The summed E-state index contributed by atoms with van der Waals surface area (Å²) in [7, 11) is 0. The highest BCUT2D eigenvalue weighted by Gasteiger charge is 2.21. The van der Waals surface area contributed by atoms with E-state index in [4.69, 9.17) is 20.4 Å². The lowest BCUT2D eigenvalue weighted by atomic mass is 10.1. The number of aliphatic hydroxyl groups is 4. The molecule has 6 N–H and O–H groups in total. The molecule has 6 nitrogen and oxygen atoms in total. The molecule has 0 heterocycles. The minimum Gasteiger partial charge on any atom is -0.412 e. The average molecular weight is 196 g/mol. The molecule has 0 bridgehead atoms. The lowest BCUT2D eigenvalue weighted by Crippen LogP contribution is -2.34. The molecule has 0 aliphatic carbocycles. The Bertz CT molecular complexity index is 137. The highest BCUT2D eigenvalue weighted by atomic mass is 16.3. The molecule has 0 aromatic carbocycles. The van der Waals surface area contributed by atoms with Crippen molar-refractivity contribution in [1.82, 2.24) is 0 Å². The van der Waals surface area contributed by atoms with Gasteiger partial charge in [0.05, 0.1) is 6.61 Å². The number of carbonyl (C=O) groups excluding carboxylic acids is 1. The first kappa shape index (κ1) is 15.0. The zero-order valence-corrected chi connectivity index (χ0v) is 7.18. The summed E-state index contributed by atoms with van der Waals surface area (Å²) in [4.78, 5) is 10.8. The lowest BCUT2D eigenvalue weighted by molar-refractivity contribution is -0.137. The lowest BCUT2D eigenvalue weighted by Gasteiger charge is -2.11. The first-order valence-corrected chi connectivity index (χ1v) is 3.75.